The zero-order valence-electron chi connectivity index (χ0n) is 14.0. The molecule has 3 aromatic carbocycles. The maximum atomic E-state index is 12.9. The van der Waals surface area contributed by atoms with Gasteiger partial charge in [0.25, 0.3) is 0 Å². The van der Waals surface area contributed by atoms with Gasteiger partial charge in [0, 0.05) is 16.6 Å². The van der Waals surface area contributed by atoms with Crippen LogP contribution in [-0.2, 0) is 12.7 Å². The van der Waals surface area contributed by atoms with E-state index in [4.69, 9.17) is 4.52 Å². The Labute approximate surface area is 152 Å². The summed E-state index contributed by atoms with van der Waals surface area (Å²) in [6.45, 7) is 0.264. The van der Waals surface area contributed by atoms with Crippen molar-refractivity contribution in [3.63, 3.8) is 0 Å². The predicted octanol–water partition coefficient (Wildman–Crippen LogP) is 5.52. The summed E-state index contributed by atoms with van der Waals surface area (Å²) in [7, 11) is 0. The Morgan fingerprint density at radius 1 is 0.926 bits per heavy atom. The summed E-state index contributed by atoms with van der Waals surface area (Å²) >= 11 is 0. The van der Waals surface area contributed by atoms with Crippen LogP contribution in [0.2, 0.25) is 0 Å². The van der Waals surface area contributed by atoms with E-state index >= 15 is 0 Å². The predicted molar refractivity (Wildman–Crippen MR) is 96.0 cm³/mol. The summed E-state index contributed by atoms with van der Waals surface area (Å²) in [5.74, 6) is 0.408. The van der Waals surface area contributed by atoms with Crippen molar-refractivity contribution in [1.29, 1.82) is 0 Å². The summed E-state index contributed by atoms with van der Waals surface area (Å²) in [6, 6.07) is 18.7. The van der Waals surface area contributed by atoms with Crippen LogP contribution in [0.15, 0.2) is 71.3 Å². The number of nitrogens with one attached hydrogen (secondary N) is 1. The van der Waals surface area contributed by atoms with Crippen LogP contribution in [0, 0.1) is 0 Å². The SMILES string of the molecule is FC(F)(F)c1cccc(-c2noc(CNc3cccc4ccccc34)n2)c1. The fraction of sp³-hybridized carbons (Fsp3) is 0.100. The molecule has 1 aromatic heterocycles. The average Bonchev–Trinajstić information content (AvgIpc) is 3.15. The molecule has 0 unspecified atom stereocenters. The largest absolute Gasteiger partial charge is 0.416 e. The van der Waals surface area contributed by atoms with Gasteiger partial charge >= 0.3 is 6.18 Å². The molecule has 0 saturated heterocycles. The molecular weight excluding hydrogens is 355 g/mol. The number of rotatable bonds is 4. The van der Waals surface area contributed by atoms with Crippen LogP contribution in [0.3, 0.4) is 0 Å². The van der Waals surface area contributed by atoms with Gasteiger partial charge in [-0.3, -0.25) is 0 Å². The van der Waals surface area contributed by atoms with Gasteiger partial charge in [0.05, 0.1) is 12.1 Å². The minimum atomic E-state index is -4.42. The molecule has 0 aliphatic heterocycles. The molecule has 4 rings (SSSR count). The van der Waals surface area contributed by atoms with Gasteiger partial charge in [0.2, 0.25) is 11.7 Å². The molecule has 0 aliphatic rings. The first kappa shape index (κ1) is 17.1. The highest BCUT2D eigenvalue weighted by Crippen LogP contribution is 2.31. The molecule has 0 bridgehead atoms. The molecule has 7 heteroatoms. The monoisotopic (exact) mass is 369 g/mol. The Morgan fingerprint density at radius 3 is 2.56 bits per heavy atom. The van der Waals surface area contributed by atoms with E-state index in [-0.39, 0.29) is 23.8 Å². The van der Waals surface area contributed by atoms with E-state index in [1.165, 1.54) is 12.1 Å². The molecule has 0 amide bonds. The Bertz CT molecular complexity index is 1080. The molecule has 0 radical (unpaired) electrons. The van der Waals surface area contributed by atoms with Crippen LogP contribution >= 0.6 is 0 Å². The number of fused-ring (bicyclic) bond motifs is 1. The second-order valence-electron chi connectivity index (χ2n) is 5.97. The van der Waals surface area contributed by atoms with Crippen LogP contribution in [-0.4, -0.2) is 10.1 Å². The number of aromatic nitrogens is 2. The zero-order chi connectivity index (χ0) is 18.9. The fourth-order valence-electron chi connectivity index (χ4n) is 2.83. The summed E-state index contributed by atoms with van der Waals surface area (Å²) in [6.07, 6.45) is -4.42. The highest BCUT2D eigenvalue weighted by Gasteiger charge is 2.30. The first-order valence-corrected chi connectivity index (χ1v) is 8.22. The maximum Gasteiger partial charge on any atom is 0.416 e. The van der Waals surface area contributed by atoms with Crippen molar-refractivity contribution in [2.45, 2.75) is 12.7 Å². The van der Waals surface area contributed by atoms with Gasteiger partial charge in [0.1, 0.15) is 0 Å². The summed E-state index contributed by atoms with van der Waals surface area (Å²) in [4.78, 5) is 4.19. The van der Waals surface area contributed by atoms with Crippen molar-refractivity contribution in [1.82, 2.24) is 10.1 Å². The summed E-state index contributed by atoms with van der Waals surface area (Å²) < 4.78 is 43.7. The Kier molecular flexibility index (Phi) is 4.27. The lowest BCUT2D eigenvalue weighted by Gasteiger charge is -2.07. The highest BCUT2D eigenvalue weighted by molar-refractivity contribution is 5.93. The van der Waals surface area contributed by atoms with E-state index in [0.29, 0.717) is 0 Å². The second-order valence-corrected chi connectivity index (χ2v) is 5.97. The molecule has 1 heterocycles. The molecule has 4 aromatic rings. The van der Waals surface area contributed by atoms with Crippen molar-refractivity contribution in [3.8, 4) is 11.4 Å². The van der Waals surface area contributed by atoms with E-state index < -0.39 is 11.7 Å². The van der Waals surface area contributed by atoms with Gasteiger partial charge in [-0.25, -0.2) is 0 Å². The van der Waals surface area contributed by atoms with Gasteiger partial charge < -0.3 is 9.84 Å². The van der Waals surface area contributed by atoms with E-state index in [1.54, 1.807) is 0 Å². The number of benzene rings is 3. The van der Waals surface area contributed by atoms with Crippen LogP contribution < -0.4 is 5.32 Å². The highest BCUT2D eigenvalue weighted by atomic mass is 19.4. The van der Waals surface area contributed by atoms with E-state index in [9.17, 15) is 13.2 Å². The normalized spacial score (nSPS) is 11.7. The third-order valence-electron chi connectivity index (χ3n) is 4.14. The number of halogens is 3. The Morgan fingerprint density at radius 2 is 1.70 bits per heavy atom. The number of nitrogens with zero attached hydrogens (tertiary/aromatic N) is 2. The third-order valence-corrected chi connectivity index (χ3v) is 4.14. The van der Waals surface area contributed by atoms with Crippen LogP contribution in [0.25, 0.3) is 22.2 Å². The lowest BCUT2D eigenvalue weighted by Crippen LogP contribution is -2.04. The van der Waals surface area contributed by atoms with Gasteiger partial charge in [-0.05, 0) is 23.6 Å². The minimum Gasteiger partial charge on any atom is -0.376 e. The lowest BCUT2D eigenvalue weighted by atomic mass is 10.1. The summed E-state index contributed by atoms with van der Waals surface area (Å²) in [5.41, 5.74) is 0.414. The molecule has 136 valence electrons. The lowest BCUT2D eigenvalue weighted by molar-refractivity contribution is -0.137. The number of anilines is 1. The topological polar surface area (TPSA) is 51.0 Å². The standard InChI is InChI=1S/C20H14F3N3O/c21-20(22,23)15-8-3-7-14(11-15)19-25-18(27-26-19)12-24-17-10-4-6-13-5-1-2-9-16(13)17/h1-11,24H,12H2. The Hall–Kier alpha value is -3.35. The van der Waals surface area contributed by atoms with E-state index in [1.807, 2.05) is 42.5 Å². The molecule has 0 saturated carbocycles. The van der Waals surface area contributed by atoms with Crippen LogP contribution in [0.5, 0.6) is 0 Å². The van der Waals surface area contributed by atoms with Gasteiger partial charge in [-0.15, -0.1) is 0 Å². The van der Waals surface area contributed by atoms with Crippen molar-refractivity contribution in [3.05, 3.63) is 78.2 Å². The molecule has 0 atom stereocenters. The summed E-state index contributed by atoms with van der Waals surface area (Å²) in [5, 5.41) is 9.17. The molecule has 0 fully saturated rings. The van der Waals surface area contributed by atoms with Crippen molar-refractivity contribution < 1.29 is 17.7 Å². The molecule has 27 heavy (non-hydrogen) atoms. The van der Waals surface area contributed by atoms with Crippen molar-refractivity contribution >= 4 is 16.5 Å². The second kappa shape index (κ2) is 6.75. The molecule has 0 spiro atoms. The fourth-order valence-corrected chi connectivity index (χ4v) is 2.83. The van der Waals surface area contributed by atoms with Crippen molar-refractivity contribution in [2.24, 2.45) is 0 Å². The molecule has 0 aliphatic carbocycles. The quantitative estimate of drug-likeness (QED) is 0.515. The first-order valence-electron chi connectivity index (χ1n) is 8.22. The van der Waals surface area contributed by atoms with E-state index in [0.717, 1.165) is 28.6 Å². The minimum absolute atomic E-state index is 0.121. The number of alkyl halides is 3. The maximum absolute atomic E-state index is 12.9. The number of hydrogen-bond acceptors (Lipinski definition) is 4. The van der Waals surface area contributed by atoms with Crippen molar-refractivity contribution in [2.75, 3.05) is 5.32 Å². The van der Waals surface area contributed by atoms with Crippen LogP contribution in [0.1, 0.15) is 11.5 Å². The van der Waals surface area contributed by atoms with Gasteiger partial charge in [0.15, 0.2) is 0 Å². The molecular formula is C20H14F3N3O. The Balaban J connectivity index is 1.53. The third kappa shape index (κ3) is 3.62. The van der Waals surface area contributed by atoms with Crippen LogP contribution in [0.4, 0.5) is 18.9 Å². The smallest absolute Gasteiger partial charge is 0.376 e. The molecule has 1 N–H and O–H groups in total. The van der Waals surface area contributed by atoms with Gasteiger partial charge in [-0.1, -0.05) is 53.7 Å². The number of hydrogen-bond donors (Lipinski definition) is 1. The molecule has 4 nitrogen and oxygen atoms in total. The zero-order valence-corrected chi connectivity index (χ0v) is 14.0. The average molecular weight is 369 g/mol. The van der Waals surface area contributed by atoms with Gasteiger partial charge in [-0.2, -0.15) is 18.2 Å². The first-order chi connectivity index (χ1) is 13.0. The van der Waals surface area contributed by atoms with E-state index in [2.05, 4.69) is 15.5 Å².